The first kappa shape index (κ1) is 15.7. The summed E-state index contributed by atoms with van der Waals surface area (Å²) in [5.74, 6) is 0.796. The minimum Gasteiger partial charge on any atom is -0.389 e. The van der Waals surface area contributed by atoms with Crippen molar-refractivity contribution in [1.82, 2.24) is 10.1 Å². The molecule has 1 aromatic carbocycles. The number of likely N-dealkylation sites (N-methyl/N-ethyl adjacent to an activating group) is 1. The summed E-state index contributed by atoms with van der Waals surface area (Å²) in [6.07, 6.45) is -0.522. The molecule has 0 aliphatic rings. The highest BCUT2D eigenvalue weighted by Crippen LogP contribution is 2.05. The molecule has 0 amide bonds. The third-order valence-corrected chi connectivity index (χ3v) is 3.05. The average molecular weight is 290 g/mol. The topological polar surface area (TPSA) is 58.7 Å². The van der Waals surface area contributed by atoms with E-state index in [0.29, 0.717) is 26.3 Å². The lowest BCUT2D eigenvalue weighted by molar-refractivity contribution is 0.0124. The van der Waals surface area contributed by atoms with E-state index < -0.39 is 6.10 Å². The van der Waals surface area contributed by atoms with E-state index in [4.69, 9.17) is 9.26 Å². The Morgan fingerprint density at radius 1 is 1.33 bits per heavy atom. The molecule has 1 unspecified atom stereocenters. The van der Waals surface area contributed by atoms with Crippen molar-refractivity contribution < 1.29 is 14.4 Å². The molecule has 0 bridgehead atoms. The van der Waals surface area contributed by atoms with Crippen molar-refractivity contribution in [2.45, 2.75) is 26.2 Å². The second-order valence-electron chi connectivity index (χ2n) is 5.28. The number of benzene rings is 1. The molecule has 0 spiro atoms. The monoisotopic (exact) mass is 290 g/mol. The first-order chi connectivity index (χ1) is 10.1. The van der Waals surface area contributed by atoms with Crippen LogP contribution in [0.1, 0.15) is 17.0 Å². The predicted octanol–water partition coefficient (Wildman–Crippen LogP) is 1.99. The molecule has 1 atom stereocenters. The summed E-state index contributed by atoms with van der Waals surface area (Å²) in [5, 5.41) is 13.9. The van der Waals surface area contributed by atoms with Gasteiger partial charge in [0.2, 0.25) is 0 Å². The van der Waals surface area contributed by atoms with Crippen LogP contribution in [0.15, 0.2) is 40.9 Å². The molecule has 1 heterocycles. The van der Waals surface area contributed by atoms with Crippen LogP contribution in [0.5, 0.6) is 0 Å². The van der Waals surface area contributed by atoms with E-state index in [2.05, 4.69) is 5.16 Å². The summed E-state index contributed by atoms with van der Waals surface area (Å²) in [5.41, 5.74) is 1.98. The summed E-state index contributed by atoms with van der Waals surface area (Å²) < 4.78 is 10.5. The first-order valence-corrected chi connectivity index (χ1v) is 7.04. The zero-order chi connectivity index (χ0) is 15.1. The van der Waals surface area contributed by atoms with E-state index in [1.54, 1.807) is 0 Å². The molecule has 2 rings (SSSR count). The van der Waals surface area contributed by atoms with E-state index >= 15 is 0 Å². The molecule has 0 saturated heterocycles. The summed E-state index contributed by atoms with van der Waals surface area (Å²) in [7, 11) is 1.93. The highest BCUT2D eigenvalue weighted by molar-refractivity contribution is 5.13. The number of ether oxygens (including phenoxy) is 1. The number of aromatic nitrogens is 1. The standard InChI is InChI=1S/C16H22N2O3/c1-13-8-15(17-21-13)9-18(2)10-16(19)12-20-11-14-6-4-3-5-7-14/h3-8,16,19H,9-12H2,1-2H3. The molecule has 114 valence electrons. The minimum absolute atomic E-state index is 0.317. The quantitative estimate of drug-likeness (QED) is 0.805. The highest BCUT2D eigenvalue weighted by Gasteiger charge is 2.11. The van der Waals surface area contributed by atoms with Crippen LogP contribution < -0.4 is 0 Å². The van der Waals surface area contributed by atoms with Gasteiger partial charge in [-0.15, -0.1) is 0 Å². The Kier molecular flexibility index (Phi) is 5.92. The van der Waals surface area contributed by atoms with Gasteiger partial charge < -0.3 is 14.4 Å². The van der Waals surface area contributed by atoms with E-state index in [-0.39, 0.29) is 0 Å². The molecule has 0 aliphatic heterocycles. The van der Waals surface area contributed by atoms with Crippen LogP contribution in [-0.4, -0.2) is 41.5 Å². The Morgan fingerprint density at radius 3 is 2.76 bits per heavy atom. The summed E-state index contributed by atoms with van der Waals surface area (Å²) in [4.78, 5) is 1.99. The lowest BCUT2D eigenvalue weighted by Crippen LogP contribution is -2.31. The molecular weight excluding hydrogens is 268 g/mol. The number of hydrogen-bond acceptors (Lipinski definition) is 5. The fraction of sp³-hybridized carbons (Fsp3) is 0.438. The van der Waals surface area contributed by atoms with Crippen LogP contribution in [0.4, 0.5) is 0 Å². The second-order valence-corrected chi connectivity index (χ2v) is 5.28. The number of aryl methyl sites for hydroxylation is 1. The van der Waals surface area contributed by atoms with Gasteiger partial charge in [-0.3, -0.25) is 4.90 Å². The van der Waals surface area contributed by atoms with Gasteiger partial charge in [0, 0.05) is 19.2 Å². The zero-order valence-corrected chi connectivity index (χ0v) is 12.5. The molecule has 0 aliphatic carbocycles. The number of aliphatic hydroxyl groups excluding tert-OH is 1. The maximum absolute atomic E-state index is 9.97. The summed E-state index contributed by atoms with van der Waals surface area (Å²) in [6, 6.07) is 11.8. The van der Waals surface area contributed by atoms with Crippen LogP contribution in [0.3, 0.4) is 0 Å². The van der Waals surface area contributed by atoms with Crippen LogP contribution >= 0.6 is 0 Å². The van der Waals surface area contributed by atoms with E-state index in [1.807, 2.05) is 55.3 Å². The van der Waals surface area contributed by atoms with Crippen molar-refractivity contribution in [3.63, 3.8) is 0 Å². The third kappa shape index (κ3) is 5.67. The van der Waals surface area contributed by atoms with Gasteiger partial charge in [-0.25, -0.2) is 0 Å². The van der Waals surface area contributed by atoms with Crippen molar-refractivity contribution in [2.75, 3.05) is 20.2 Å². The van der Waals surface area contributed by atoms with Gasteiger partial charge in [0.25, 0.3) is 0 Å². The smallest absolute Gasteiger partial charge is 0.133 e. The van der Waals surface area contributed by atoms with Crippen LogP contribution in [0.2, 0.25) is 0 Å². The number of nitrogens with zero attached hydrogens (tertiary/aromatic N) is 2. The molecule has 21 heavy (non-hydrogen) atoms. The van der Waals surface area contributed by atoms with E-state index in [9.17, 15) is 5.11 Å². The molecule has 0 radical (unpaired) electrons. The molecule has 5 heteroatoms. The van der Waals surface area contributed by atoms with Crippen LogP contribution in [0.25, 0.3) is 0 Å². The first-order valence-electron chi connectivity index (χ1n) is 7.04. The van der Waals surface area contributed by atoms with Gasteiger partial charge in [0.1, 0.15) is 5.76 Å². The lowest BCUT2D eigenvalue weighted by Gasteiger charge is -2.19. The van der Waals surface area contributed by atoms with Crippen LogP contribution in [-0.2, 0) is 17.9 Å². The fourth-order valence-corrected chi connectivity index (χ4v) is 2.13. The van der Waals surface area contributed by atoms with Gasteiger partial charge in [-0.1, -0.05) is 35.5 Å². The SMILES string of the molecule is Cc1cc(CN(C)CC(O)COCc2ccccc2)no1. The summed E-state index contributed by atoms with van der Waals surface area (Å²) >= 11 is 0. The molecule has 5 nitrogen and oxygen atoms in total. The largest absolute Gasteiger partial charge is 0.389 e. The zero-order valence-electron chi connectivity index (χ0n) is 12.5. The molecular formula is C16H22N2O3. The molecule has 1 N–H and O–H groups in total. The number of rotatable bonds is 8. The van der Waals surface area contributed by atoms with Gasteiger partial charge >= 0.3 is 0 Å². The number of aliphatic hydroxyl groups is 1. The Morgan fingerprint density at radius 2 is 2.10 bits per heavy atom. The Balaban J connectivity index is 1.65. The maximum Gasteiger partial charge on any atom is 0.133 e. The van der Waals surface area contributed by atoms with Crippen molar-refractivity contribution in [1.29, 1.82) is 0 Å². The Hall–Kier alpha value is -1.69. The highest BCUT2D eigenvalue weighted by atomic mass is 16.5. The fourth-order valence-electron chi connectivity index (χ4n) is 2.13. The molecule has 1 aromatic heterocycles. The summed E-state index contributed by atoms with van der Waals surface area (Å²) in [6.45, 7) is 3.87. The maximum atomic E-state index is 9.97. The van der Waals surface area contributed by atoms with E-state index in [0.717, 1.165) is 17.0 Å². The van der Waals surface area contributed by atoms with Crippen molar-refractivity contribution >= 4 is 0 Å². The Labute approximate surface area is 125 Å². The second kappa shape index (κ2) is 7.93. The molecule has 2 aromatic rings. The molecule has 0 fully saturated rings. The Bertz CT molecular complexity index is 527. The van der Waals surface area contributed by atoms with Crippen LogP contribution in [0, 0.1) is 6.92 Å². The van der Waals surface area contributed by atoms with Gasteiger partial charge in [0.15, 0.2) is 0 Å². The molecule has 0 saturated carbocycles. The minimum atomic E-state index is -0.522. The number of hydrogen-bond donors (Lipinski definition) is 1. The normalized spacial score (nSPS) is 12.8. The van der Waals surface area contributed by atoms with Gasteiger partial charge in [0.05, 0.1) is 25.0 Å². The third-order valence-electron chi connectivity index (χ3n) is 3.05. The van der Waals surface area contributed by atoms with Gasteiger partial charge in [-0.05, 0) is 19.5 Å². The van der Waals surface area contributed by atoms with Crippen molar-refractivity contribution in [2.24, 2.45) is 0 Å². The van der Waals surface area contributed by atoms with Gasteiger partial charge in [-0.2, -0.15) is 0 Å². The lowest BCUT2D eigenvalue weighted by atomic mass is 10.2. The predicted molar refractivity (Wildman–Crippen MR) is 79.7 cm³/mol. The van der Waals surface area contributed by atoms with Crippen molar-refractivity contribution in [3.8, 4) is 0 Å². The van der Waals surface area contributed by atoms with Crippen molar-refractivity contribution in [3.05, 3.63) is 53.4 Å². The van der Waals surface area contributed by atoms with E-state index in [1.165, 1.54) is 0 Å². The average Bonchev–Trinajstić information content (AvgIpc) is 2.85.